The fourth-order valence-electron chi connectivity index (χ4n) is 1.12. The average Bonchev–Trinajstić information content (AvgIpc) is 2.75. The highest BCUT2D eigenvalue weighted by Crippen LogP contribution is 2.25. The van der Waals surface area contributed by atoms with Gasteiger partial charge in [0, 0.05) is 10.7 Å². The van der Waals surface area contributed by atoms with E-state index in [1.807, 2.05) is 24.3 Å². The van der Waals surface area contributed by atoms with E-state index >= 15 is 0 Å². The number of carbonyl (C=O) groups excluding carboxylic acids is 1. The molecule has 0 unspecified atom stereocenters. The zero-order chi connectivity index (χ0) is 12.3. The Morgan fingerprint density at radius 1 is 1.29 bits per heavy atom. The van der Waals surface area contributed by atoms with Gasteiger partial charge in [-0.3, -0.25) is 4.79 Å². The molecule has 0 saturated heterocycles. The van der Waals surface area contributed by atoms with Crippen molar-refractivity contribution in [3.05, 3.63) is 43.6 Å². The van der Waals surface area contributed by atoms with Gasteiger partial charge in [-0.05, 0) is 56.1 Å². The fourth-order valence-corrected chi connectivity index (χ4v) is 3.50. The molecule has 0 atom stereocenters. The SMILES string of the molecule is O=C(CSc1ccc(Br)cn1)c1ccc(Br)s1. The van der Waals surface area contributed by atoms with Crippen molar-refractivity contribution in [1.82, 2.24) is 4.98 Å². The Hall–Kier alpha value is -0.170. The van der Waals surface area contributed by atoms with E-state index in [0.29, 0.717) is 5.75 Å². The summed E-state index contributed by atoms with van der Waals surface area (Å²) in [6.07, 6.45) is 1.73. The van der Waals surface area contributed by atoms with Gasteiger partial charge in [0.2, 0.25) is 0 Å². The normalized spacial score (nSPS) is 10.5. The topological polar surface area (TPSA) is 30.0 Å². The Morgan fingerprint density at radius 2 is 2.12 bits per heavy atom. The molecule has 0 aromatic carbocycles. The van der Waals surface area contributed by atoms with Crippen molar-refractivity contribution in [3.8, 4) is 0 Å². The minimum atomic E-state index is 0.135. The van der Waals surface area contributed by atoms with E-state index in [1.165, 1.54) is 23.1 Å². The molecule has 0 fully saturated rings. The first-order valence-corrected chi connectivity index (χ1v) is 8.07. The Morgan fingerprint density at radius 3 is 2.71 bits per heavy atom. The van der Waals surface area contributed by atoms with Crippen molar-refractivity contribution < 1.29 is 4.79 Å². The highest BCUT2D eigenvalue weighted by atomic mass is 79.9. The molecule has 0 bridgehead atoms. The summed E-state index contributed by atoms with van der Waals surface area (Å²) in [5.74, 6) is 0.553. The van der Waals surface area contributed by atoms with Crippen LogP contribution in [0.1, 0.15) is 9.67 Å². The van der Waals surface area contributed by atoms with Gasteiger partial charge < -0.3 is 0 Å². The molecule has 2 nitrogen and oxygen atoms in total. The number of pyridine rings is 1. The van der Waals surface area contributed by atoms with Crippen molar-refractivity contribution in [2.45, 2.75) is 5.03 Å². The maximum absolute atomic E-state index is 11.8. The number of thioether (sulfide) groups is 1. The van der Waals surface area contributed by atoms with E-state index in [9.17, 15) is 4.79 Å². The van der Waals surface area contributed by atoms with Crippen LogP contribution in [0, 0.1) is 0 Å². The molecule has 0 saturated carbocycles. The van der Waals surface area contributed by atoms with Gasteiger partial charge in [-0.15, -0.1) is 11.3 Å². The summed E-state index contributed by atoms with van der Waals surface area (Å²) in [7, 11) is 0. The number of carbonyl (C=O) groups is 1. The van der Waals surface area contributed by atoms with Crippen LogP contribution < -0.4 is 0 Å². The van der Waals surface area contributed by atoms with Gasteiger partial charge in [0.1, 0.15) is 0 Å². The molecule has 88 valence electrons. The lowest BCUT2D eigenvalue weighted by molar-refractivity contribution is 0.102. The Bertz CT molecular complexity index is 525. The van der Waals surface area contributed by atoms with Gasteiger partial charge in [-0.25, -0.2) is 4.98 Å². The van der Waals surface area contributed by atoms with Crippen LogP contribution in [-0.4, -0.2) is 16.5 Å². The lowest BCUT2D eigenvalue weighted by Gasteiger charge is -1.99. The standard InChI is InChI=1S/C11H7Br2NOS2/c12-7-1-4-11(14-5-7)16-6-8(15)9-2-3-10(13)17-9/h1-5H,6H2. The van der Waals surface area contributed by atoms with E-state index in [2.05, 4.69) is 36.8 Å². The first kappa shape index (κ1) is 13.3. The van der Waals surface area contributed by atoms with Gasteiger partial charge in [-0.1, -0.05) is 11.8 Å². The molecule has 2 heterocycles. The van der Waals surface area contributed by atoms with Crippen LogP contribution in [0.2, 0.25) is 0 Å². The highest BCUT2D eigenvalue weighted by molar-refractivity contribution is 9.11. The van der Waals surface area contributed by atoms with Crippen molar-refractivity contribution in [1.29, 1.82) is 0 Å². The fraction of sp³-hybridized carbons (Fsp3) is 0.0909. The van der Waals surface area contributed by atoms with Crippen molar-refractivity contribution in [2.24, 2.45) is 0 Å². The smallest absolute Gasteiger partial charge is 0.183 e. The Labute approximate surface area is 124 Å². The maximum Gasteiger partial charge on any atom is 0.183 e. The second-order valence-electron chi connectivity index (χ2n) is 3.13. The van der Waals surface area contributed by atoms with Crippen LogP contribution in [-0.2, 0) is 0 Å². The monoisotopic (exact) mass is 391 g/mol. The number of rotatable bonds is 4. The van der Waals surface area contributed by atoms with Gasteiger partial charge in [0.15, 0.2) is 5.78 Å². The molecule has 0 spiro atoms. The molecule has 6 heteroatoms. The number of halogens is 2. The molecule has 0 aliphatic rings. The van der Waals surface area contributed by atoms with Gasteiger partial charge >= 0.3 is 0 Å². The number of thiophene rings is 1. The van der Waals surface area contributed by atoms with Gasteiger partial charge in [-0.2, -0.15) is 0 Å². The molecular weight excluding hydrogens is 386 g/mol. The summed E-state index contributed by atoms with van der Waals surface area (Å²) in [4.78, 5) is 16.8. The van der Waals surface area contributed by atoms with Crippen LogP contribution in [0.4, 0.5) is 0 Å². The number of Topliss-reactive ketones (excluding diaryl/α,β-unsaturated/α-hetero) is 1. The number of ketones is 1. The predicted molar refractivity (Wildman–Crippen MR) is 79.0 cm³/mol. The summed E-state index contributed by atoms with van der Waals surface area (Å²) in [6.45, 7) is 0. The third-order valence-electron chi connectivity index (χ3n) is 1.90. The third-order valence-corrected chi connectivity index (χ3v) is 4.98. The largest absolute Gasteiger partial charge is 0.292 e. The third kappa shape index (κ3) is 3.91. The van der Waals surface area contributed by atoms with E-state index in [4.69, 9.17) is 0 Å². The van der Waals surface area contributed by atoms with Crippen LogP contribution >= 0.6 is 55.0 Å². The molecular formula is C11H7Br2NOS2. The molecule has 0 amide bonds. The Kier molecular flexibility index (Phi) is 4.78. The van der Waals surface area contributed by atoms with E-state index in [1.54, 1.807) is 6.20 Å². The molecule has 2 rings (SSSR count). The van der Waals surface area contributed by atoms with Crippen molar-refractivity contribution in [2.75, 3.05) is 5.75 Å². The lowest BCUT2D eigenvalue weighted by atomic mass is 10.4. The number of aromatic nitrogens is 1. The molecule has 0 N–H and O–H groups in total. The van der Waals surface area contributed by atoms with Crippen LogP contribution in [0.25, 0.3) is 0 Å². The van der Waals surface area contributed by atoms with Gasteiger partial charge in [0.25, 0.3) is 0 Å². The second-order valence-corrected chi connectivity index (χ2v) is 7.50. The molecule has 0 aliphatic heterocycles. The van der Waals surface area contributed by atoms with E-state index in [0.717, 1.165) is 18.2 Å². The molecule has 0 aliphatic carbocycles. The van der Waals surface area contributed by atoms with Crippen LogP contribution in [0.15, 0.2) is 43.7 Å². The zero-order valence-corrected chi connectivity index (χ0v) is 13.3. The van der Waals surface area contributed by atoms with Crippen LogP contribution in [0.5, 0.6) is 0 Å². The minimum Gasteiger partial charge on any atom is -0.292 e. The number of hydrogen-bond donors (Lipinski definition) is 0. The van der Waals surface area contributed by atoms with E-state index < -0.39 is 0 Å². The first-order chi connectivity index (χ1) is 8.15. The summed E-state index contributed by atoms with van der Waals surface area (Å²) >= 11 is 9.58. The predicted octanol–water partition coefficient (Wildman–Crippen LogP) is 4.64. The summed E-state index contributed by atoms with van der Waals surface area (Å²) in [6, 6.07) is 7.54. The van der Waals surface area contributed by atoms with Crippen molar-refractivity contribution in [3.63, 3.8) is 0 Å². The molecule has 2 aromatic heterocycles. The zero-order valence-electron chi connectivity index (χ0n) is 8.52. The quantitative estimate of drug-likeness (QED) is 0.560. The van der Waals surface area contributed by atoms with E-state index in [-0.39, 0.29) is 5.78 Å². The minimum absolute atomic E-state index is 0.135. The lowest BCUT2D eigenvalue weighted by Crippen LogP contribution is -1.99. The maximum atomic E-state index is 11.8. The van der Waals surface area contributed by atoms with Crippen LogP contribution in [0.3, 0.4) is 0 Å². The highest BCUT2D eigenvalue weighted by Gasteiger charge is 2.09. The molecule has 0 radical (unpaired) electrons. The Balaban J connectivity index is 1.94. The second kappa shape index (κ2) is 6.13. The number of nitrogens with zero attached hydrogens (tertiary/aromatic N) is 1. The first-order valence-electron chi connectivity index (χ1n) is 4.68. The summed E-state index contributed by atoms with van der Waals surface area (Å²) in [5.41, 5.74) is 0. The van der Waals surface area contributed by atoms with Crippen molar-refractivity contribution >= 4 is 60.7 Å². The molecule has 17 heavy (non-hydrogen) atoms. The summed E-state index contributed by atoms with van der Waals surface area (Å²) < 4.78 is 1.92. The number of hydrogen-bond acceptors (Lipinski definition) is 4. The molecule has 2 aromatic rings. The van der Waals surface area contributed by atoms with Gasteiger partial charge in [0.05, 0.1) is 19.4 Å². The summed E-state index contributed by atoms with van der Waals surface area (Å²) in [5, 5.41) is 0.858. The average molecular weight is 393 g/mol.